The molecule has 7 heteroatoms. The summed E-state index contributed by atoms with van der Waals surface area (Å²) >= 11 is 1.31. The lowest BCUT2D eigenvalue weighted by atomic mass is 10.3. The smallest absolute Gasteiger partial charge is 0.237 e. The first-order chi connectivity index (χ1) is 12.7. The van der Waals surface area contributed by atoms with E-state index < -0.39 is 0 Å². The van der Waals surface area contributed by atoms with Crippen LogP contribution in [0.15, 0.2) is 66.1 Å². The number of nitrogens with zero attached hydrogens (tertiary/aromatic N) is 3. The summed E-state index contributed by atoms with van der Waals surface area (Å²) in [6.07, 6.45) is 1.65. The third kappa shape index (κ3) is 4.43. The normalized spacial score (nSPS) is 11.8. The lowest BCUT2D eigenvalue weighted by molar-refractivity contribution is -0.115. The summed E-state index contributed by atoms with van der Waals surface area (Å²) in [4.78, 5) is 16.8. The Morgan fingerprint density at radius 2 is 1.92 bits per heavy atom. The first-order valence-electron chi connectivity index (χ1n) is 8.34. The summed E-state index contributed by atoms with van der Waals surface area (Å²) in [6.45, 7) is 4.27. The van der Waals surface area contributed by atoms with E-state index in [-0.39, 0.29) is 11.2 Å². The second kappa shape index (κ2) is 8.53. The number of benzene rings is 2. The van der Waals surface area contributed by atoms with Crippen LogP contribution in [0.5, 0.6) is 5.75 Å². The minimum absolute atomic E-state index is 0.127. The molecule has 0 saturated heterocycles. The summed E-state index contributed by atoms with van der Waals surface area (Å²) in [5, 5.41) is 7.53. The molecule has 0 saturated carbocycles. The molecule has 6 nitrogen and oxygen atoms in total. The minimum atomic E-state index is -0.351. The molecule has 26 heavy (non-hydrogen) atoms. The predicted octanol–water partition coefficient (Wildman–Crippen LogP) is 3.79. The third-order valence-corrected chi connectivity index (χ3v) is 4.55. The highest BCUT2D eigenvalue weighted by molar-refractivity contribution is 8.00. The Hall–Kier alpha value is -2.80. The zero-order chi connectivity index (χ0) is 18.4. The summed E-state index contributed by atoms with van der Waals surface area (Å²) in [7, 11) is 0. The Balaban J connectivity index is 1.64. The van der Waals surface area contributed by atoms with Crippen LogP contribution in [0.25, 0.3) is 5.69 Å². The van der Waals surface area contributed by atoms with E-state index in [0.717, 1.165) is 5.69 Å². The van der Waals surface area contributed by atoms with E-state index in [9.17, 15) is 4.79 Å². The lowest BCUT2D eigenvalue weighted by Crippen LogP contribution is -2.23. The number of nitrogens with one attached hydrogen (secondary N) is 1. The first-order valence-corrected chi connectivity index (χ1v) is 9.21. The van der Waals surface area contributed by atoms with Crippen molar-refractivity contribution in [3.05, 3.63) is 60.9 Å². The lowest BCUT2D eigenvalue weighted by Gasteiger charge is -2.13. The molecule has 0 fully saturated rings. The first kappa shape index (κ1) is 18.0. The highest BCUT2D eigenvalue weighted by Gasteiger charge is 2.18. The number of hydrogen-bond acceptors (Lipinski definition) is 5. The fraction of sp³-hybridized carbons (Fsp3) is 0.211. The molecule has 1 atom stereocenters. The van der Waals surface area contributed by atoms with E-state index in [1.807, 2.05) is 68.4 Å². The Morgan fingerprint density at radius 3 is 2.69 bits per heavy atom. The fourth-order valence-electron chi connectivity index (χ4n) is 2.30. The topological polar surface area (TPSA) is 69.0 Å². The second-order valence-electron chi connectivity index (χ2n) is 5.49. The van der Waals surface area contributed by atoms with Crippen molar-refractivity contribution in [2.75, 3.05) is 11.9 Å². The van der Waals surface area contributed by atoms with Gasteiger partial charge < -0.3 is 10.1 Å². The van der Waals surface area contributed by atoms with Gasteiger partial charge in [-0.05, 0) is 38.1 Å². The molecule has 1 unspecified atom stereocenters. The van der Waals surface area contributed by atoms with E-state index in [4.69, 9.17) is 4.74 Å². The number of amides is 1. The van der Waals surface area contributed by atoms with E-state index in [1.54, 1.807) is 11.0 Å². The zero-order valence-corrected chi connectivity index (χ0v) is 15.4. The average Bonchev–Trinajstić information content (AvgIpc) is 3.13. The van der Waals surface area contributed by atoms with Gasteiger partial charge in [-0.25, -0.2) is 9.67 Å². The van der Waals surface area contributed by atoms with Crippen LogP contribution in [-0.4, -0.2) is 32.5 Å². The van der Waals surface area contributed by atoms with Gasteiger partial charge in [-0.1, -0.05) is 42.1 Å². The summed E-state index contributed by atoms with van der Waals surface area (Å²) < 4.78 is 7.23. The zero-order valence-electron chi connectivity index (χ0n) is 14.6. The molecule has 3 aromatic rings. The summed E-state index contributed by atoms with van der Waals surface area (Å²) in [5.74, 6) is 0.533. The number of carbonyl (C=O) groups is 1. The molecule has 1 heterocycles. The average molecular weight is 368 g/mol. The molecule has 0 aliphatic heterocycles. The van der Waals surface area contributed by atoms with Crippen molar-refractivity contribution in [3.8, 4) is 11.4 Å². The van der Waals surface area contributed by atoms with Gasteiger partial charge in [0, 0.05) is 0 Å². The molecule has 2 aromatic carbocycles. The van der Waals surface area contributed by atoms with Gasteiger partial charge in [0.15, 0.2) is 0 Å². The van der Waals surface area contributed by atoms with Gasteiger partial charge in [0.05, 0.1) is 23.2 Å². The van der Waals surface area contributed by atoms with Gasteiger partial charge in [0.25, 0.3) is 0 Å². The third-order valence-electron chi connectivity index (χ3n) is 3.59. The molecule has 0 spiro atoms. The molecule has 0 aliphatic rings. The number of hydrogen-bond donors (Lipinski definition) is 1. The maximum absolute atomic E-state index is 12.5. The predicted molar refractivity (Wildman–Crippen MR) is 103 cm³/mol. The van der Waals surface area contributed by atoms with Gasteiger partial charge in [0.2, 0.25) is 11.1 Å². The van der Waals surface area contributed by atoms with Crippen LogP contribution in [-0.2, 0) is 4.79 Å². The Labute approximate surface area is 156 Å². The Bertz CT molecular complexity index is 867. The van der Waals surface area contributed by atoms with Crippen molar-refractivity contribution >= 4 is 23.4 Å². The van der Waals surface area contributed by atoms with Crippen LogP contribution in [0.4, 0.5) is 5.69 Å². The number of rotatable bonds is 7. The number of thioether (sulfide) groups is 1. The number of carbonyl (C=O) groups excluding carboxylic acids is 1. The van der Waals surface area contributed by atoms with Gasteiger partial charge in [-0.15, -0.1) is 5.10 Å². The van der Waals surface area contributed by atoms with Crippen LogP contribution in [0, 0.1) is 0 Å². The maximum atomic E-state index is 12.5. The Morgan fingerprint density at radius 1 is 1.19 bits per heavy atom. The molecule has 1 amide bonds. The van der Waals surface area contributed by atoms with Crippen LogP contribution in [0.2, 0.25) is 0 Å². The molecular formula is C19H20N4O2S. The SMILES string of the molecule is CCOc1ccccc1NC(=O)C(C)Sc1ncn(-c2ccccc2)n1. The van der Waals surface area contributed by atoms with Crippen molar-refractivity contribution in [1.82, 2.24) is 14.8 Å². The van der Waals surface area contributed by atoms with E-state index in [2.05, 4.69) is 15.4 Å². The molecule has 1 N–H and O–H groups in total. The maximum Gasteiger partial charge on any atom is 0.237 e. The molecule has 0 bridgehead atoms. The van der Waals surface area contributed by atoms with Crippen molar-refractivity contribution in [2.24, 2.45) is 0 Å². The molecule has 0 radical (unpaired) electrons. The van der Waals surface area contributed by atoms with Gasteiger partial charge in [-0.3, -0.25) is 4.79 Å². The summed E-state index contributed by atoms with van der Waals surface area (Å²) in [6, 6.07) is 17.1. The monoisotopic (exact) mass is 368 g/mol. The van der Waals surface area contributed by atoms with E-state index >= 15 is 0 Å². The largest absolute Gasteiger partial charge is 0.492 e. The van der Waals surface area contributed by atoms with E-state index in [1.165, 1.54) is 11.8 Å². The summed E-state index contributed by atoms with van der Waals surface area (Å²) in [5.41, 5.74) is 1.59. The quantitative estimate of drug-likeness (QED) is 0.643. The van der Waals surface area contributed by atoms with E-state index in [0.29, 0.717) is 23.2 Å². The highest BCUT2D eigenvalue weighted by Crippen LogP contribution is 2.26. The fourth-order valence-corrected chi connectivity index (χ4v) is 3.03. The van der Waals surface area contributed by atoms with Crippen molar-refractivity contribution < 1.29 is 9.53 Å². The molecule has 1 aromatic heterocycles. The van der Waals surface area contributed by atoms with Crippen molar-refractivity contribution in [2.45, 2.75) is 24.3 Å². The number of ether oxygens (including phenoxy) is 1. The second-order valence-corrected chi connectivity index (χ2v) is 6.79. The highest BCUT2D eigenvalue weighted by atomic mass is 32.2. The number of anilines is 1. The molecule has 0 aliphatic carbocycles. The van der Waals surface area contributed by atoms with Gasteiger partial charge >= 0.3 is 0 Å². The standard InChI is InChI=1S/C19H20N4O2S/c1-3-25-17-12-8-7-11-16(17)21-18(24)14(2)26-19-20-13-23(22-19)15-9-5-4-6-10-15/h4-14H,3H2,1-2H3,(H,21,24). The van der Waals surface area contributed by atoms with Crippen LogP contribution >= 0.6 is 11.8 Å². The molecule has 3 rings (SSSR count). The van der Waals surface area contributed by atoms with Crippen LogP contribution < -0.4 is 10.1 Å². The van der Waals surface area contributed by atoms with Gasteiger partial charge in [-0.2, -0.15) is 0 Å². The van der Waals surface area contributed by atoms with Crippen LogP contribution in [0.1, 0.15) is 13.8 Å². The minimum Gasteiger partial charge on any atom is -0.492 e. The van der Waals surface area contributed by atoms with Crippen molar-refractivity contribution in [1.29, 1.82) is 0 Å². The van der Waals surface area contributed by atoms with Crippen molar-refractivity contribution in [3.63, 3.8) is 0 Å². The molecule has 134 valence electrons. The van der Waals surface area contributed by atoms with Crippen LogP contribution in [0.3, 0.4) is 0 Å². The molecular weight excluding hydrogens is 348 g/mol. The number of aromatic nitrogens is 3. The Kier molecular flexibility index (Phi) is 5.91. The van der Waals surface area contributed by atoms with Gasteiger partial charge in [0.1, 0.15) is 12.1 Å². The number of para-hydroxylation sites is 3.